The number of hydrogen-bond acceptors (Lipinski definition) is 6. The highest BCUT2D eigenvalue weighted by Crippen LogP contribution is 2.31. The summed E-state index contributed by atoms with van der Waals surface area (Å²) in [5.41, 5.74) is 1.09. The van der Waals surface area contributed by atoms with Gasteiger partial charge in [0.05, 0.1) is 5.39 Å². The normalized spacial score (nSPS) is 16.8. The first kappa shape index (κ1) is 20.9. The van der Waals surface area contributed by atoms with E-state index in [1.54, 1.807) is 23.6 Å². The Kier molecular flexibility index (Phi) is 5.55. The molecule has 7 nitrogen and oxygen atoms in total. The van der Waals surface area contributed by atoms with Gasteiger partial charge in [0, 0.05) is 24.6 Å². The fourth-order valence-corrected chi connectivity index (χ4v) is 5.24. The van der Waals surface area contributed by atoms with Gasteiger partial charge in [0.1, 0.15) is 15.5 Å². The first-order valence-electron chi connectivity index (χ1n) is 11.1. The monoisotopic (exact) mass is 451 g/mol. The van der Waals surface area contributed by atoms with Gasteiger partial charge in [-0.05, 0) is 38.2 Å². The molecule has 32 heavy (non-hydrogen) atoms. The number of hydrogen-bond donors (Lipinski definition) is 1. The number of aryl methyl sites for hydroxylation is 2. The van der Waals surface area contributed by atoms with Crippen molar-refractivity contribution in [2.24, 2.45) is 0 Å². The van der Waals surface area contributed by atoms with Crippen LogP contribution in [0.3, 0.4) is 0 Å². The Balaban J connectivity index is 1.49. The van der Waals surface area contributed by atoms with Gasteiger partial charge >= 0.3 is 5.97 Å². The van der Waals surface area contributed by atoms with Crippen LogP contribution in [0.1, 0.15) is 64.8 Å². The molecule has 1 N–H and O–H groups in total. The lowest BCUT2D eigenvalue weighted by Crippen LogP contribution is -2.33. The zero-order valence-electron chi connectivity index (χ0n) is 17.9. The third-order valence-electron chi connectivity index (χ3n) is 6.09. The smallest absolute Gasteiger partial charge is 0.349 e. The van der Waals surface area contributed by atoms with E-state index in [0.717, 1.165) is 44.3 Å². The molecule has 0 unspecified atom stereocenters. The highest BCUT2D eigenvalue weighted by Gasteiger charge is 2.32. The number of carbonyl (C=O) groups excluding carboxylic acids is 2. The Labute approximate surface area is 189 Å². The summed E-state index contributed by atoms with van der Waals surface area (Å²) in [6.07, 6.45) is 4.64. The van der Waals surface area contributed by atoms with Crippen molar-refractivity contribution in [2.45, 2.75) is 64.1 Å². The zero-order chi connectivity index (χ0) is 22.2. The topological polar surface area (TPSA) is 90.3 Å². The second-order valence-corrected chi connectivity index (χ2v) is 9.51. The molecule has 8 heteroatoms. The Hall–Kier alpha value is -3.00. The summed E-state index contributed by atoms with van der Waals surface area (Å²) in [6, 6.07) is 9.16. The van der Waals surface area contributed by atoms with Crippen molar-refractivity contribution < 1.29 is 14.3 Å². The lowest BCUT2D eigenvalue weighted by Gasteiger charge is -2.17. The second kappa shape index (κ2) is 8.50. The molecule has 5 rings (SSSR count). The maximum atomic E-state index is 13.2. The number of ether oxygens (including phenoxy) is 1. The fourth-order valence-electron chi connectivity index (χ4n) is 4.17. The van der Waals surface area contributed by atoms with E-state index < -0.39 is 12.1 Å². The lowest BCUT2D eigenvalue weighted by molar-refractivity contribution is -0.130. The maximum absolute atomic E-state index is 13.2. The molecule has 1 aliphatic heterocycles. The average Bonchev–Trinajstić information content (AvgIpc) is 3.58. The molecule has 1 atom stereocenters. The highest BCUT2D eigenvalue weighted by atomic mass is 32.1. The van der Waals surface area contributed by atoms with Gasteiger partial charge < -0.3 is 10.1 Å². The van der Waals surface area contributed by atoms with E-state index >= 15 is 0 Å². The van der Waals surface area contributed by atoms with Crippen LogP contribution in [0, 0.1) is 6.92 Å². The first-order valence-corrected chi connectivity index (χ1v) is 11.9. The van der Waals surface area contributed by atoms with Crippen molar-refractivity contribution in [1.29, 1.82) is 0 Å². The van der Waals surface area contributed by atoms with Crippen molar-refractivity contribution in [1.82, 2.24) is 14.9 Å². The van der Waals surface area contributed by atoms with Gasteiger partial charge in [-0.1, -0.05) is 36.8 Å². The molecule has 1 amide bonds. The Morgan fingerprint density at radius 1 is 1.19 bits per heavy atom. The van der Waals surface area contributed by atoms with Gasteiger partial charge in [0.15, 0.2) is 0 Å². The summed E-state index contributed by atoms with van der Waals surface area (Å²) < 4.78 is 7.48. The number of nitrogens with one attached hydrogen (secondary N) is 1. The molecule has 0 spiro atoms. The van der Waals surface area contributed by atoms with Gasteiger partial charge in [-0.3, -0.25) is 14.2 Å². The van der Waals surface area contributed by atoms with Crippen LogP contribution in [0.5, 0.6) is 0 Å². The van der Waals surface area contributed by atoms with Crippen LogP contribution >= 0.6 is 11.3 Å². The number of aromatic nitrogens is 2. The van der Waals surface area contributed by atoms with Crippen molar-refractivity contribution in [3.05, 3.63) is 62.5 Å². The van der Waals surface area contributed by atoms with Crippen molar-refractivity contribution >= 4 is 33.4 Å². The Morgan fingerprint density at radius 2 is 1.97 bits per heavy atom. The minimum atomic E-state index is -1.04. The second-order valence-electron chi connectivity index (χ2n) is 8.51. The largest absolute Gasteiger partial charge is 0.443 e. The predicted molar refractivity (Wildman–Crippen MR) is 122 cm³/mol. The third-order valence-corrected chi connectivity index (χ3v) is 7.25. The van der Waals surface area contributed by atoms with Crippen LogP contribution < -0.4 is 10.9 Å². The van der Waals surface area contributed by atoms with E-state index in [0.29, 0.717) is 32.8 Å². The van der Waals surface area contributed by atoms with E-state index in [1.165, 1.54) is 11.3 Å². The molecule has 166 valence electrons. The first-order chi connectivity index (χ1) is 15.5. The van der Waals surface area contributed by atoms with E-state index in [4.69, 9.17) is 9.72 Å². The minimum Gasteiger partial charge on any atom is -0.443 e. The van der Waals surface area contributed by atoms with E-state index in [2.05, 4.69) is 5.32 Å². The molecule has 1 aliphatic carbocycles. The molecule has 2 aliphatic rings. The molecule has 2 aromatic heterocycles. The SMILES string of the molecule is Cc1c(C(=O)O[C@H](C(=O)NC2CC2)c2ccccc2)sc2nc3n(c(=O)c12)CCCCC3. The van der Waals surface area contributed by atoms with Crippen LogP contribution in [0.4, 0.5) is 0 Å². The van der Waals surface area contributed by atoms with E-state index in [-0.39, 0.29) is 17.5 Å². The number of carbonyl (C=O) groups is 2. The summed E-state index contributed by atoms with van der Waals surface area (Å²) in [4.78, 5) is 44.8. The predicted octanol–water partition coefficient (Wildman–Crippen LogP) is 3.67. The quantitative estimate of drug-likeness (QED) is 0.598. The van der Waals surface area contributed by atoms with Gasteiger partial charge in [-0.2, -0.15) is 0 Å². The molecule has 3 aromatic rings. The highest BCUT2D eigenvalue weighted by molar-refractivity contribution is 7.20. The molecular formula is C24H25N3O4S. The molecule has 0 bridgehead atoms. The van der Waals surface area contributed by atoms with Crippen LogP contribution in [-0.2, 0) is 22.5 Å². The number of nitrogens with zero attached hydrogens (tertiary/aromatic N) is 2. The molecule has 0 saturated heterocycles. The van der Waals surface area contributed by atoms with Crippen LogP contribution in [0.2, 0.25) is 0 Å². The number of thiophene rings is 1. The average molecular weight is 452 g/mol. The van der Waals surface area contributed by atoms with E-state index in [1.807, 2.05) is 18.2 Å². The molecule has 1 aromatic carbocycles. The summed E-state index contributed by atoms with van der Waals surface area (Å²) in [5, 5.41) is 3.40. The number of benzene rings is 1. The van der Waals surface area contributed by atoms with Crippen LogP contribution in [-0.4, -0.2) is 27.5 Å². The Morgan fingerprint density at radius 3 is 2.72 bits per heavy atom. The zero-order valence-corrected chi connectivity index (χ0v) is 18.7. The van der Waals surface area contributed by atoms with Crippen LogP contribution in [0.15, 0.2) is 35.1 Å². The third kappa shape index (κ3) is 3.95. The summed E-state index contributed by atoms with van der Waals surface area (Å²) in [6.45, 7) is 2.41. The molecular weight excluding hydrogens is 426 g/mol. The number of amides is 1. The van der Waals surface area contributed by atoms with Crippen molar-refractivity contribution in [2.75, 3.05) is 0 Å². The molecule has 3 heterocycles. The summed E-state index contributed by atoms with van der Waals surface area (Å²) in [5.74, 6) is -0.146. The molecule has 1 saturated carbocycles. The number of rotatable bonds is 5. The van der Waals surface area contributed by atoms with Gasteiger partial charge in [-0.15, -0.1) is 11.3 Å². The van der Waals surface area contributed by atoms with Gasteiger partial charge in [0.25, 0.3) is 11.5 Å². The lowest BCUT2D eigenvalue weighted by atomic mass is 10.1. The maximum Gasteiger partial charge on any atom is 0.349 e. The van der Waals surface area contributed by atoms with E-state index in [9.17, 15) is 14.4 Å². The summed E-state index contributed by atoms with van der Waals surface area (Å²) in [7, 11) is 0. The number of fused-ring (bicyclic) bond motifs is 2. The van der Waals surface area contributed by atoms with Gasteiger partial charge in [-0.25, -0.2) is 9.78 Å². The van der Waals surface area contributed by atoms with Crippen molar-refractivity contribution in [3.63, 3.8) is 0 Å². The summed E-state index contributed by atoms with van der Waals surface area (Å²) >= 11 is 1.17. The fraction of sp³-hybridized carbons (Fsp3) is 0.417. The Bertz CT molecular complexity index is 1240. The minimum absolute atomic E-state index is 0.0919. The molecule has 1 fully saturated rings. The van der Waals surface area contributed by atoms with Crippen molar-refractivity contribution in [3.8, 4) is 0 Å². The number of esters is 1. The van der Waals surface area contributed by atoms with Crippen LogP contribution in [0.25, 0.3) is 10.2 Å². The standard InChI is InChI=1S/C24H25N3O4S/c1-14-18-22(26-17-10-6-3-7-13-27(17)23(18)29)32-20(14)24(30)31-19(15-8-4-2-5-9-15)21(28)25-16-11-12-16/h2,4-5,8-9,16,19H,3,6-7,10-13H2,1H3,(H,25,28)/t19-/m0/s1. The molecule has 0 radical (unpaired) electrons. The van der Waals surface area contributed by atoms with Gasteiger partial charge in [0.2, 0.25) is 6.10 Å².